The Morgan fingerprint density at radius 3 is 2.46 bits per heavy atom. The topological polar surface area (TPSA) is 67.9 Å². The van der Waals surface area contributed by atoms with Crippen molar-refractivity contribution in [3.05, 3.63) is 29.3 Å². The first kappa shape index (κ1) is 19.8. The van der Waals surface area contributed by atoms with E-state index >= 15 is 0 Å². The number of likely N-dealkylation sites (N-methyl/N-ethyl adjacent to an activating group) is 1. The Hall–Kier alpha value is -2.24. The highest BCUT2D eigenvalue weighted by Gasteiger charge is 2.19. The SMILES string of the molecule is CCOc1ccc(C(=O)NCCN(C)C(=O)OC(C)(C)C)cc1C. The van der Waals surface area contributed by atoms with Crippen LogP contribution in [0.3, 0.4) is 0 Å². The Balaban J connectivity index is 2.49. The van der Waals surface area contributed by atoms with Gasteiger partial charge in [-0.05, 0) is 58.4 Å². The van der Waals surface area contributed by atoms with E-state index in [1.165, 1.54) is 4.90 Å². The van der Waals surface area contributed by atoms with E-state index in [0.717, 1.165) is 11.3 Å². The Morgan fingerprint density at radius 2 is 1.92 bits per heavy atom. The van der Waals surface area contributed by atoms with Crippen molar-refractivity contribution in [1.82, 2.24) is 10.2 Å². The fourth-order valence-corrected chi connectivity index (χ4v) is 1.98. The second-order valence-electron chi connectivity index (χ2n) is 6.57. The number of aryl methyl sites for hydroxylation is 1. The van der Waals surface area contributed by atoms with Crippen LogP contribution >= 0.6 is 0 Å². The van der Waals surface area contributed by atoms with E-state index in [9.17, 15) is 9.59 Å². The summed E-state index contributed by atoms with van der Waals surface area (Å²) >= 11 is 0. The first-order valence-corrected chi connectivity index (χ1v) is 8.10. The number of hydrogen-bond donors (Lipinski definition) is 1. The van der Waals surface area contributed by atoms with Gasteiger partial charge in [0, 0.05) is 25.7 Å². The van der Waals surface area contributed by atoms with Crippen LogP contribution in [0, 0.1) is 6.92 Å². The molecule has 0 saturated heterocycles. The zero-order valence-electron chi connectivity index (χ0n) is 15.4. The van der Waals surface area contributed by atoms with Crippen molar-refractivity contribution < 1.29 is 19.1 Å². The molecule has 0 saturated carbocycles. The van der Waals surface area contributed by atoms with Crippen molar-refractivity contribution in [2.45, 2.75) is 40.2 Å². The van der Waals surface area contributed by atoms with Crippen LogP contribution < -0.4 is 10.1 Å². The van der Waals surface area contributed by atoms with Gasteiger partial charge in [-0.3, -0.25) is 4.79 Å². The molecule has 6 nitrogen and oxygen atoms in total. The van der Waals surface area contributed by atoms with Gasteiger partial charge in [-0.25, -0.2) is 4.79 Å². The summed E-state index contributed by atoms with van der Waals surface area (Å²) in [4.78, 5) is 25.4. The Labute approximate surface area is 144 Å². The van der Waals surface area contributed by atoms with Crippen molar-refractivity contribution >= 4 is 12.0 Å². The minimum Gasteiger partial charge on any atom is -0.494 e. The van der Waals surface area contributed by atoms with Crippen molar-refractivity contribution in [1.29, 1.82) is 0 Å². The van der Waals surface area contributed by atoms with Crippen LogP contribution in [0.4, 0.5) is 4.79 Å². The second kappa shape index (κ2) is 8.57. The van der Waals surface area contributed by atoms with Gasteiger partial charge in [0.1, 0.15) is 11.4 Å². The largest absolute Gasteiger partial charge is 0.494 e. The van der Waals surface area contributed by atoms with Gasteiger partial charge < -0.3 is 19.7 Å². The molecule has 0 spiro atoms. The van der Waals surface area contributed by atoms with E-state index in [2.05, 4.69) is 5.32 Å². The van der Waals surface area contributed by atoms with Gasteiger partial charge in [-0.15, -0.1) is 0 Å². The zero-order valence-corrected chi connectivity index (χ0v) is 15.4. The van der Waals surface area contributed by atoms with Crippen LogP contribution in [0.1, 0.15) is 43.6 Å². The molecule has 2 amide bonds. The molecular formula is C18H28N2O4. The smallest absolute Gasteiger partial charge is 0.410 e. The Morgan fingerprint density at radius 1 is 1.25 bits per heavy atom. The molecule has 1 aromatic carbocycles. The van der Waals surface area contributed by atoms with Crippen LogP contribution in [0.2, 0.25) is 0 Å². The van der Waals surface area contributed by atoms with Crippen molar-refractivity contribution in [3.8, 4) is 5.75 Å². The van der Waals surface area contributed by atoms with Gasteiger partial charge in [0.25, 0.3) is 5.91 Å². The van der Waals surface area contributed by atoms with E-state index < -0.39 is 11.7 Å². The fraction of sp³-hybridized carbons (Fsp3) is 0.556. The monoisotopic (exact) mass is 336 g/mol. The number of hydrogen-bond acceptors (Lipinski definition) is 4. The minimum absolute atomic E-state index is 0.182. The molecule has 0 radical (unpaired) electrons. The molecule has 6 heteroatoms. The van der Waals surface area contributed by atoms with Gasteiger partial charge in [0.05, 0.1) is 6.61 Å². The standard InChI is InChI=1S/C18H28N2O4/c1-7-23-15-9-8-14(12-13(15)2)16(21)19-10-11-20(6)17(22)24-18(3,4)5/h8-9,12H,7,10-11H2,1-6H3,(H,19,21). The second-order valence-corrected chi connectivity index (χ2v) is 6.57. The van der Waals surface area contributed by atoms with Crippen molar-refractivity contribution in [2.75, 3.05) is 26.7 Å². The Kier molecular flexibility index (Phi) is 7.07. The third kappa shape index (κ3) is 6.48. The Bertz CT molecular complexity index is 579. The molecule has 0 aliphatic rings. The van der Waals surface area contributed by atoms with Gasteiger partial charge in [-0.2, -0.15) is 0 Å². The maximum Gasteiger partial charge on any atom is 0.410 e. The lowest BCUT2D eigenvalue weighted by Gasteiger charge is -2.24. The molecule has 0 aromatic heterocycles. The highest BCUT2D eigenvalue weighted by atomic mass is 16.6. The van der Waals surface area contributed by atoms with E-state index in [4.69, 9.17) is 9.47 Å². The van der Waals surface area contributed by atoms with Gasteiger partial charge in [0.15, 0.2) is 0 Å². The highest BCUT2D eigenvalue weighted by molar-refractivity contribution is 5.94. The molecule has 24 heavy (non-hydrogen) atoms. The van der Waals surface area contributed by atoms with Gasteiger partial charge in [0.2, 0.25) is 0 Å². The lowest BCUT2D eigenvalue weighted by atomic mass is 10.1. The number of rotatable bonds is 6. The fourth-order valence-electron chi connectivity index (χ4n) is 1.98. The number of amides is 2. The lowest BCUT2D eigenvalue weighted by Crippen LogP contribution is -2.39. The summed E-state index contributed by atoms with van der Waals surface area (Å²) < 4.78 is 10.7. The predicted molar refractivity (Wildman–Crippen MR) is 93.5 cm³/mol. The normalized spacial score (nSPS) is 10.9. The van der Waals surface area contributed by atoms with Crippen LogP contribution in [0.5, 0.6) is 5.75 Å². The zero-order chi connectivity index (χ0) is 18.3. The summed E-state index contributed by atoms with van der Waals surface area (Å²) in [5, 5.41) is 2.80. The van der Waals surface area contributed by atoms with Crippen molar-refractivity contribution in [3.63, 3.8) is 0 Å². The van der Waals surface area contributed by atoms with Crippen LogP contribution in [-0.2, 0) is 4.74 Å². The van der Waals surface area contributed by atoms with E-state index in [1.54, 1.807) is 25.2 Å². The molecule has 0 fully saturated rings. The van der Waals surface area contributed by atoms with Crippen molar-refractivity contribution in [2.24, 2.45) is 0 Å². The average molecular weight is 336 g/mol. The maximum atomic E-state index is 12.2. The van der Waals surface area contributed by atoms with Gasteiger partial charge >= 0.3 is 6.09 Å². The third-order valence-electron chi connectivity index (χ3n) is 3.17. The van der Waals surface area contributed by atoms with E-state index in [1.807, 2.05) is 34.6 Å². The maximum absolute atomic E-state index is 12.2. The molecule has 0 aliphatic heterocycles. The number of benzene rings is 1. The molecule has 0 bridgehead atoms. The lowest BCUT2D eigenvalue weighted by molar-refractivity contribution is 0.0299. The first-order chi connectivity index (χ1) is 11.1. The summed E-state index contributed by atoms with van der Waals surface area (Å²) in [5.41, 5.74) is 0.945. The number of nitrogens with zero attached hydrogens (tertiary/aromatic N) is 1. The third-order valence-corrected chi connectivity index (χ3v) is 3.17. The van der Waals surface area contributed by atoms with Crippen LogP contribution in [0.15, 0.2) is 18.2 Å². The van der Waals surface area contributed by atoms with E-state index in [0.29, 0.717) is 25.3 Å². The minimum atomic E-state index is -0.533. The highest BCUT2D eigenvalue weighted by Crippen LogP contribution is 2.19. The summed E-state index contributed by atoms with van der Waals surface area (Å²) in [7, 11) is 1.64. The average Bonchev–Trinajstić information content (AvgIpc) is 2.47. The number of nitrogens with one attached hydrogen (secondary N) is 1. The molecule has 0 atom stereocenters. The van der Waals surface area contributed by atoms with E-state index in [-0.39, 0.29) is 5.91 Å². The van der Waals surface area contributed by atoms with Crippen LogP contribution in [-0.4, -0.2) is 49.2 Å². The summed E-state index contributed by atoms with van der Waals surface area (Å²) in [6.07, 6.45) is -0.409. The summed E-state index contributed by atoms with van der Waals surface area (Å²) in [5.74, 6) is 0.595. The molecule has 0 unspecified atom stereocenters. The predicted octanol–water partition coefficient (Wildman–Crippen LogP) is 2.99. The quantitative estimate of drug-likeness (QED) is 0.867. The molecular weight excluding hydrogens is 308 g/mol. The number of carbonyl (C=O) groups is 2. The van der Waals surface area contributed by atoms with Gasteiger partial charge in [-0.1, -0.05) is 0 Å². The molecule has 134 valence electrons. The molecule has 1 N–H and O–H groups in total. The molecule has 0 aliphatic carbocycles. The van der Waals surface area contributed by atoms with Crippen LogP contribution in [0.25, 0.3) is 0 Å². The number of carbonyl (C=O) groups excluding carboxylic acids is 2. The first-order valence-electron chi connectivity index (χ1n) is 8.10. The molecule has 1 rings (SSSR count). The number of ether oxygens (including phenoxy) is 2. The molecule has 0 heterocycles. The molecule has 1 aromatic rings. The summed E-state index contributed by atoms with van der Waals surface area (Å²) in [6, 6.07) is 5.31. The summed E-state index contributed by atoms with van der Waals surface area (Å²) in [6.45, 7) is 10.6.